The summed E-state index contributed by atoms with van der Waals surface area (Å²) in [5.41, 5.74) is 0.828. The van der Waals surface area contributed by atoms with Crippen molar-refractivity contribution >= 4 is 11.7 Å². The fourth-order valence-corrected chi connectivity index (χ4v) is 3.96. The normalized spacial score (nSPS) is 15.5. The van der Waals surface area contributed by atoms with E-state index >= 15 is 0 Å². The van der Waals surface area contributed by atoms with Crippen LogP contribution in [0, 0.1) is 16.0 Å². The molecule has 0 spiro atoms. The van der Waals surface area contributed by atoms with E-state index in [-0.39, 0.29) is 24.0 Å². The molecule has 2 unspecified atom stereocenters. The predicted octanol–water partition coefficient (Wildman–Crippen LogP) is 2.22. The lowest BCUT2D eigenvalue weighted by atomic mass is 9.88. The maximum absolute atomic E-state index is 13.8. The molecule has 0 amide bonds. The number of methoxy groups -OCH3 is 1. The molecule has 13 nitrogen and oxygen atoms in total. The molecule has 13 heteroatoms. The number of nitro groups is 1. The van der Waals surface area contributed by atoms with Crippen molar-refractivity contribution in [3.8, 4) is 17.1 Å². The number of allylic oxidation sites excluding steroid dienone is 1. The molecule has 5 rings (SSSR count). The fourth-order valence-electron chi connectivity index (χ4n) is 3.96. The number of carbonyl (C=O) groups is 1. The Morgan fingerprint density at radius 3 is 2.83 bits per heavy atom. The Hall–Kier alpha value is -4.94. The van der Waals surface area contributed by atoms with E-state index in [4.69, 9.17) is 4.74 Å². The summed E-state index contributed by atoms with van der Waals surface area (Å²) in [5, 5.41) is 31.4. The number of ether oxygens (including phenoxy) is 1. The van der Waals surface area contributed by atoms with Crippen molar-refractivity contribution in [2.75, 3.05) is 12.4 Å². The second-order valence-corrected chi connectivity index (χ2v) is 7.68. The summed E-state index contributed by atoms with van der Waals surface area (Å²) in [4.78, 5) is 30.6. The van der Waals surface area contributed by atoms with Crippen molar-refractivity contribution in [3.05, 3.63) is 88.5 Å². The first kappa shape index (κ1) is 21.9. The molecule has 35 heavy (non-hydrogen) atoms. The van der Waals surface area contributed by atoms with Gasteiger partial charge in [0, 0.05) is 11.1 Å². The van der Waals surface area contributed by atoms with Gasteiger partial charge in [0.1, 0.15) is 12.1 Å². The van der Waals surface area contributed by atoms with Crippen LogP contribution in [0.5, 0.6) is 5.75 Å². The zero-order valence-corrected chi connectivity index (χ0v) is 18.4. The predicted molar refractivity (Wildman–Crippen MR) is 122 cm³/mol. The van der Waals surface area contributed by atoms with Crippen LogP contribution in [0.3, 0.4) is 0 Å². The minimum Gasteiger partial charge on any atom is -0.497 e. The first-order valence-electron chi connectivity index (χ1n) is 10.6. The minimum absolute atomic E-state index is 0.0922. The molecular weight excluding hydrogens is 454 g/mol. The number of benzene rings is 2. The van der Waals surface area contributed by atoms with Gasteiger partial charge in [0.25, 0.3) is 5.70 Å². The maximum atomic E-state index is 13.8. The monoisotopic (exact) mass is 473 g/mol. The van der Waals surface area contributed by atoms with Crippen LogP contribution in [-0.2, 0) is 6.54 Å². The van der Waals surface area contributed by atoms with Crippen molar-refractivity contribution in [2.24, 2.45) is 5.92 Å². The molecule has 0 fully saturated rings. The molecule has 1 N–H and O–H groups in total. The van der Waals surface area contributed by atoms with Gasteiger partial charge in [-0.05, 0) is 17.3 Å². The van der Waals surface area contributed by atoms with Gasteiger partial charge in [0.15, 0.2) is 11.8 Å². The van der Waals surface area contributed by atoms with Crippen LogP contribution in [0.4, 0.5) is 5.95 Å². The van der Waals surface area contributed by atoms with Gasteiger partial charge in [0.2, 0.25) is 11.8 Å². The molecule has 0 radical (unpaired) electrons. The van der Waals surface area contributed by atoms with Crippen LogP contribution >= 0.6 is 0 Å². The van der Waals surface area contributed by atoms with Crippen molar-refractivity contribution in [1.29, 1.82) is 0 Å². The number of tetrazole rings is 1. The molecule has 2 aromatic heterocycles. The number of carbonyl (C=O) groups excluding carboxylic acids is 1. The van der Waals surface area contributed by atoms with Crippen molar-refractivity contribution in [1.82, 2.24) is 35.0 Å². The highest BCUT2D eigenvalue weighted by molar-refractivity contribution is 5.98. The van der Waals surface area contributed by atoms with Crippen LogP contribution < -0.4 is 10.1 Å². The van der Waals surface area contributed by atoms with Crippen LogP contribution in [0.1, 0.15) is 16.4 Å². The van der Waals surface area contributed by atoms with E-state index in [1.54, 1.807) is 24.3 Å². The Bertz CT molecular complexity index is 1410. The third kappa shape index (κ3) is 4.21. The van der Waals surface area contributed by atoms with Gasteiger partial charge in [-0.15, -0.1) is 10.2 Å². The highest BCUT2D eigenvalue weighted by Crippen LogP contribution is 2.35. The van der Waals surface area contributed by atoms with Gasteiger partial charge in [-0.1, -0.05) is 42.5 Å². The quantitative estimate of drug-likeness (QED) is 0.229. The average molecular weight is 473 g/mol. The Labute approximate surface area is 198 Å². The van der Waals surface area contributed by atoms with Crippen LogP contribution in [0.25, 0.3) is 11.4 Å². The Kier molecular flexibility index (Phi) is 5.71. The summed E-state index contributed by atoms with van der Waals surface area (Å²) in [6.07, 6.45) is 2.49. The lowest BCUT2D eigenvalue weighted by molar-refractivity contribution is -0.434. The second-order valence-electron chi connectivity index (χ2n) is 7.68. The third-order valence-electron chi connectivity index (χ3n) is 5.62. The number of ketones is 1. The minimum atomic E-state index is -1.08. The van der Waals surface area contributed by atoms with E-state index in [9.17, 15) is 14.9 Å². The van der Waals surface area contributed by atoms with Gasteiger partial charge >= 0.3 is 0 Å². The van der Waals surface area contributed by atoms with Gasteiger partial charge in [-0.2, -0.15) is 14.9 Å². The second kappa shape index (κ2) is 9.13. The highest BCUT2D eigenvalue weighted by Gasteiger charge is 2.43. The average Bonchev–Trinajstić information content (AvgIpc) is 3.56. The zero-order chi connectivity index (χ0) is 24.4. The lowest BCUT2D eigenvalue weighted by Gasteiger charge is -2.27. The van der Waals surface area contributed by atoms with Gasteiger partial charge < -0.3 is 10.1 Å². The maximum Gasteiger partial charge on any atom is 0.287 e. The molecule has 1 aliphatic rings. The first-order chi connectivity index (χ1) is 17.0. The molecule has 1 aliphatic heterocycles. The van der Waals surface area contributed by atoms with Crippen LogP contribution in [0.15, 0.2) is 72.8 Å². The first-order valence-corrected chi connectivity index (χ1v) is 10.6. The number of rotatable bonds is 8. The molecule has 0 saturated carbocycles. The van der Waals surface area contributed by atoms with Gasteiger partial charge in [-0.25, -0.2) is 4.68 Å². The number of anilines is 1. The van der Waals surface area contributed by atoms with E-state index in [2.05, 4.69) is 30.8 Å². The summed E-state index contributed by atoms with van der Waals surface area (Å²) in [5.74, 6) is -0.255. The summed E-state index contributed by atoms with van der Waals surface area (Å²) < 4.78 is 6.58. The number of Topliss-reactive ketones (excluding diaryl/α,β-unsaturated/α-hetero) is 1. The number of aromatic nitrogens is 7. The Morgan fingerprint density at radius 2 is 2.06 bits per heavy atom. The number of nitrogens with one attached hydrogen (secondary N) is 1. The summed E-state index contributed by atoms with van der Waals surface area (Å²) in [7, 11) is 1.49. The highest BCUT2D eigenvalue weighted by atomic mass is 16.6. The smallest absolute Gasteiger partial charge is 0.287 e. The van der Waals surface area contributed by atoms with E-state index in [1.165, 1.54) is 29.1 Å². The van der Waals surface area contributed by atoms with Crippen molar-refractivity contribution in [2.45, 2.75) is 12.6 Å². The molecule has 0 aliphatic carbocycles. The Balaban J connectivity index is 1.57. The molecule has 4 aromatic rings. The summed E-state index contributed by atoms with van der Waals surface area (Å²) in [6.45, 7) is -0.0922. The fraction of sp³-hybridized carbons (Fsp3) is 0.182. The summed E-state index contributed by atoms with van der Waals surface area (Å²) in [6, 6.07) is 14.8. The molecule has 0 saturated heterocycles. The molecule has 176 valence electrons. The number of fused-ring (bicyclic) bond motifs is 1. The van der Waals surface area contributed by atoms with Gasteiger partial charge in [-0.3, -0.25) is 14.9 Å². The molecule has 3 heterocycles. The van der Waals surface area contributed by atoms with Gasteiger partial charge in [0.05, 0.1) is 30.7 Å². The van der Waals surface area contributed by atoms with E-state index < -0.39 is 16.9 Å². The van der Waals surface area contributed by atoms with Crippen molar-refractivity contribution < 1.29 is 14.5 Å². The van der Waals surface area contributed by atoms with Crippen LogP contribution in [0.2, 0.25) is 0 Å². The third-order valence-corrected chi connectivity index (χ3v) is 5.62. The van der Waals surface area contributed by atoms with E-state index in [1.807, 2.05) is 30.3 Å². The van der Waals surface area contributed by atoms with E-state index in [0.717, 1.165) is 5.56 Å². The molecule has 0 bridgehead atoms. The molecule has 2 aromatic carbocycles. The lowest BCUT2D eigenvalue weighted by Crippen LogP contribution is -2.37. The SMILES string of the molecule is COc1cccc(C(=O)C(Cn2nnc(-c3ccccc3)n2)C2C([N+](=O)[O-])=CNc3ncnn32)c1. The van der Waals surface area contributed by atoms with Crippen molar-refractivity contribution in [3.63, 3.8) is 0 Å². The number of nitrogens with zero attached hydrogens (tertiary/aromatic N) is 8. The Morgan fingerprint density at radius 1 is 1.23 bits per heavy atom. The van der Waals surface area contributed by atoms with E-state index in [0.29, 0.717) is 17.1 Å². The number of hydrogen-bond acceptors (Lipinski definition) is 10. The summed E-state index contributed by atoms with van der Waals surface area (Å²) >= 11 is 0. The number of hydrogen-bond donors (Lipinski definition) is 1. The molecular formula is C22H19N9O4. The largest absolute Gasteiger partial charge is 0.497 e. The standard InChI is InChI=1S/C22H19N9O4/c1-35-16-9-5-8-15(10-16)20(32)17(12-29-27-21(26-28-29)14-6-3-2-4-7-14)19-18(31(33)34)11-23-22-24-13-25-30(19)22/h2-11,13,17,19H,12H2,1H3,(H,23,24,25). The topological polar surface area (TPSA) is 156 Å². The molecule has 2 atom stereocenters. The zero-order valence-electron chi connectivity index (χ0n) is 18.4. The van der Waals surface area contributed by atoms with Crippen LogP contribution in [-0.4, -0.2) is 52.8 Å².